The standard InChI is InChI=1S/C11H10N2O3.C3H4N2/c1-8-12-10(11(13-8)14-7-15-11)16-9-5-3-2-4-6-9;1-2-4-5-3-1/h2-6H,7H2,1H3;1-3H,(H,4,5). The Hall–Kier alpha value is -2.51. The molecule has 0 amide bonds. The minimum absolute atomic E-state index is 0.216. The molecule has 2 aliphatic rings. The predicted octanol–water partition coefficient (Wildman–Crippen LogP) is 1.96. The molecule has 1 aromatic heterocycles. The maximum absolute atomic E-state index is 5.59. The molecule has 2 aromatic rings. The Morgan fingerprint density at radius 1 is 1.19 bits per heavy atom. The predicted molar refractivity (Wildman–Crippen MR) is 76.0 cm³/mol. The van der Waals surface area contributed by atoms with Crippen LogP contribution in [0.2, 0.25) is 0 Å². The van der Waals surface area contributed by atoms with Gasteiger partial charge in [0.1, 0.15) is 11.6 Å². The second-order valence-corrected chi connectivity index (χ2v) is 4.25. The molecule has 0 atom stereocenters. The second kappa shape index (κ2) is 5.86. The molecule has 1 spiro atoms. The zero-order valence-corrected chi connectivity index (χ0v) is 11.4. The summed E-state index contributed by atoms with van der Waals surface area (Å²) in [6, 6.07) is 11.2. The zero-order chi connectivity index (χ0) is 14.5. The van der Waals surface area contributed by atoms with Gasteiger partial charge in [-0.1, -0.05) is 18.2 Å². The highest BCUT2D eigenvalue weighted by Crippen LogP contribution is 2.31. The van der Waals surface area contributed by atoms with Crippen LogP contribution in [0.15, 0.2) is 58.8 Å². The van der Waals surface area contributed by atoms with Gasteiger partial charge in [-0.05, 0) is 25.1 Å². The van der Waals surface area contributed by atoms with Crippen LogP contribution in [0, 0.1) is 0 Å². The molecular weight excluding hydrogens is 272 g/mol. The number of nitrogens with one attached hydrogen (secondary N) is 1. The van der Waals surface area contributed by atoms with Gasteiger partial charge in [-0.15, -0.1) is 0 Å². The van der Waals surface area contributed by atoms with E-state index in [9.17, 15) is 0 Å². The molecule has 108 valence electrons. The molecule has 0 aliphatic carbocycles. The molecule has 4 rings (SSSR count). The first-order valence-electron chi connectivity index (χ1n) is 6.39. The third kappa shape index (κ3) is 2.99. The first kappa shape index (κ1) is 13.5. The summed E-state index contributed by atoms with van der Waals surface area (Å²) >= 11 is 0. The summed E-state index contributed by atoms with van der Waals surface area (Å²) in [5.41, 5.74) is 0. The van der Waals surface area contributed by atoms with E-state index in [0.29, 0.717) is 17.5 Å². The topological polar surface area (TPSA) is 81.1 Å². The summed E-state index contributed by atoms with van der Waals surface area (Å²) in [5.74, 6) is 0.484. The molecule has 7 nitrogen and oxygen atoms in total. The van der Waals surface area contributed by atoms with Gasteiger partial charge in [-0.25, -0.2) is 4.99 Å². The molecule has 7 heteroatoms. The van der Waals surface area contributed by atoms with Crippen molar-refractivity contribution in [1.82, 2.24) is 10.2 Å². The number of hydrogen-bond acceptors (Lipinski definition) is 6. The van der Waals surface area contributed by atoms with Gasteiger partial charge in [-0.3, -0.25) is 14.6 Å². The highest BCUT2D eigenvalue weighted by Gasteiger charge is 2.51. The third-order valence-electron chi connectivity index (χ3n) is 2.72. The molecule has 3 heterocycles. The van der Waals surface area contributed by atoms with E-state index in [0.717, 1.165) is 0 Å². The van der Waals surface area contributed by atoms with Crippen LogP contribution in [0.25, 0.3) is 0 Å². The number of aromatic nitrogens is 2. The Morgan fingerprint density at radius 2 is 2.00 bits per heavy atom. The van der Waals surface area contributed by atoms with Gasteiger partial charge in [0.2, 0.25) is 0 Å². The number of aromatic amines is 1. The van der Waals surface area contributed by atoms with Crippen LogP contribution in [-0.4, -0.2) is 34.6 Å². The minimum atomic E-state index is -1.13. The lowest BCUT2D eigenvalue weighted by Gasteiger charge is -2.34. The van der Waals surface area contributed by atoms with Crippen molar-refractivity contribution in [3.63, 3.8) is 0 Å². The molecule has 0 unspecified atom stereocenters. The van der Waals surface area contributed by atoms with Crippen LogP contribution < -0.4 is 4.74 Å². The van der Waals surface area contributed by atoms with Gasteiger partial charge >= 0.3 is 5.91 Å². The highest BCUT2D eigenvalue weighted by molar-refractivity contribution is 6.03. The summed E-state index contributed by atoms with van der Waals surface area (Å²) in [6.45, 7) is 1.99. The molecule has 1 saturated heterocycles. The van der Waals surface area contributed by atoms with Gasteiger partial charge in [0.25, 0.3) is 5.90 Å². The highest BCUT2D eigenvalue weighted by atomic mass is 16.9. The minimum Gasteiger partial charge on any atom is -0.436 e. The fourth-order valence-corrected chi connectivity index (χ4v) is 1.76. The van der Waals surface area contributed by atoms with Crippen molar-refractivity contribution < 1.29 is 14.2 Å². The zero-order valence-electron chi connectivity index (χ0n) is 11.4. The summed E-state index contributed by atoms with van der Waals surface area (Å²) in [6.07, 6.45) is 3.46. The Morgan fingerprint density at radius 3 is 2.52 bits per heavy atom. The number of benzene rings is 1. The average molecular weight is 286 g/mol. The van der Waals surface area contributed by atoms with Crippen LogP contribution in [0.1, 0.15) is 6.92 Å². The van der Waals surface area contributed by atoms with Crippen LogP contribution in [0.5, 0.6) is 5.75 Å². The maximum atomic E-state index is 5.59. The van der Waals surface area contributed by atoms with Crippen molar-refractivity contribution >= 4 is 11.7 Å². The van der Waals surface area contributed by atoms with Crippen LogP contribution in [0.3, 0.4) is 0 Å². The maximum Gasteiger partial charge on any atom is 0.356 e. The van der Waals surface area contributed by atoms with Crippen molar-refractivity contribution in [1.29, 1.82) is 0 Å². The van der Waals surface area contributed by atoms with Gasteiger partial charge in [-0.2, -0.15) is 10.1 Å². The molecule has 2 aliphatic heterocycles. The fourth-order valence-electron chi connectivity index (χ4n) is 1.76. The van der Waals surface area contributed by atoms with Gasteiger partial charge < -0.3 is 4.74 Å². The fraction of sp³-hybridized carbons (Fsp3) is 0.214. The number of hydrogen-bond donors (Lipinski definition) is 1. The van der Waals surface area contributed by atoms with E-state index in [1.165, 1.54) is 0 Å². The molecule has 21 heavy (non-hydrogen) atoms. The normalized spacial score (nSPS) is 18.1. The van der Waals surface area contributed by atoms with Gasteiger partial charge in [0.05, 0.1) is 0 Å². The molecule has 0 radical (unpaired) electrons. The first-order valence-corrected chi connectivity index (χ1v) is 6.39. The number of nitrogens with zero attached hydrogens (tertiary/aromatic N) is 3. The molecule has 1 aromatic carbocycles. The Kier molecular flexibility index (Phi) is 3.76. The van der Waals surface area contributed by atoms with E-state index >= 15 is 0 Å². The number of aliphatic imine (C=N–C) groups is 2. The second-order valence-electron chi connectivity index (χ2n) is 4.25. The van der Waals surface area contributed by atoms with Crippen molar-refractivity contribution in [3.8, 4) is 5.75 Å². The monoisotopic (exact) mass is 286 g/mol. The lowest BCUT2D eigenvalue weighted by atomic mass is 10.3. The van der Waals surface area contributed by atoms with Crippen LogP contribution in [0.4, 0.5) is 0 Å². The number of H-pyrrole nitrogens is 1. The van der Waals surface area contributed by atoms with Crippen molar-refractivity contribution in [2.75, 3.05) is 6.79 Å². The summed E-state index contributed by atoms with van der Waals surface area (Å²) in [5, 5.41) is 6.21. The van der Waals surface area contributed by atoms with Crippen LogP contribution >= 0.6 is 0 Å². The first-order chi connectivity index (χ1) is 10.3. The SMILES string of the molecule is CC1=NC2(OCO2)C(Oc2ccccc2)=N1.c1cn[nH]c1. The van der Waals surface area contributed by atoms with Gasteiger partial charge in [0, 0.05) is 12.4 Å². The number of ether oxygens (including phenoxy) is 3. The quantitative estimate of drug-likeness (QED) is 0.869. The molecule has 1 N–H and O–H groups in total. The van der Waals surface area contributed by atoms with E-state index in [2.05, 4.69) is 20.2 Å². The molecule has 0 bridgehead atoms. The summed E-state index contributed by atoms with van der Waals surface area (Å²) in [7, 11) is 0. The Labute approximate surface area is 121 Å². The Balaban J connectivity index is 0.000000225. The number of para-hydroxylation sites is 1. The largest absolute Gasteiger partial charge is 0.436 e. The van der Waals surface area contributed by atoms with E-state index in [1.54, 1.807) is 19.3 Å². The molecular formula is C14H14N4O3. The summed E-state index contributed by atoms with van der Waals surface area (Å²) < 4.78 is 16.1. The average Bonchev–Trinajstić information content (AvgIpc) is 3.10. The number of rotatable bonds is 1. The molecule has 1 fully saturated rings. The summed E-state index contributed by atoms with van der Waals surface area (Å²) in [4.78, 5) is 8.30. The van der Waals surface area contributed by atoms with Crippen molar-refractivity contribution in [2.45, 2.75) is 12.8 Å². The van der Waals surface area contributed by atoms with Gasteiger partial charge in [0.15, 0.2) is 6.79 Å². The number of amidine groups is 1. The smallest absolute Gasteiger partial charge is 0.356 e. The third-order valence-corrected chi connectivity index (χ3v) is 2.72. The van der Waals surface area contributed by atoms with E-state index in [1.807, 2.05) is 36.4 Å². The van der Waals surface area contributed by atoms with E-state index in [-0.39, 0.29) is 6.79 Å². The molecule has 0 saturated carbocycles. The lowest BCUT2D eigenvalue weighted by molar-refractivity contribution is -0.358. The Bertz CT molecular complexity index is 616. The van der Waals surface area contributed by atoms with E-state index in [4.69, 9.17) is 14.2 Å². The van der Waals surface area contributed by atoms with Crippen molar-refractivity contribution in [2.24, 2.45) is 9.98 Å². The van der Waals surface area contributed by atoms with E-state index < -0.39 is 5.91 Å². The van der Waals surface area contributed by atoms with Crippen molar-refractivity contribution in [3.05, 3.63) is 48.8 Å². The van der Waals surface area contributed by atoms with Crippen LogP contribution in [-0.2, 0) is 9.47 Å². The lowest BCUT2D eigenvalue weighted by Crippen LogP contribution is -2.52.